The molecule has 1 aliphatic heterocycles. The van der Waals surface area contributed by atoms with Crippen molar-refractivity contribution in [3.63, 3.8) is 0 Å². The van der Waals surface area contributed by atoms with Crippen molar-refractivity contribution in [3.05, 3.63) is 10.7 Å². The van der Waals surface area contributed by atoms with Gasteiger partial charge in [-0.15, -0.1) is 0 Å². The number of allylic oxidation sites excluding steroid dienone is 1. The number of carboxylic acid groups (broad SMARTS) is 1. The molecule has 0 spiro atoms. The van der Waals surface area contributed by atoms with Gasteiger partial charge in [0.2, 0.25) is 5.00 Å². The van der Waals surface area contributed by atoms with Crippen molar-refractivity contribution >= 4 is 29.2 Å². The van der Waals surface area contributed by atoms with Crippen LogP contribution >= 0.6 is 23.2 Å². The second kappa shape index (κ2) is 3.39. The average molecular weight is 224 g/mol. The third kappa shape index (κ3) is 1.51. The number of carboxylic acids is 1. The number of aliphatic carboxylic acids is 1. The fourth-order valence-electron chi connectivity index (χ4n) is 1.52. The number of halogens is 2. The molecular weight excluding hydrogens is 213 g/mol. The van der Waals surface area contributed by atoms with Crippen molar-refractivity contribution in [3.8, 4) is 0 Å². The molecule has 0 fully saturated rings. The van der Waals surface area contributed by atoms with E-state index < -0.39 is 11.0 Å². The molecular formula is C8H11Cl2NO2. The minimum absolute atomic E-state index is 0.172. The molecule has 0 aromatic carbocycles. The highest BCUT2D eigenvalue weighted by Gasteiger charge is 2.47. The first-order valence-corrected chi connectivity index (χ1v) is 4.74. The molecule has 1 unspecified atom stereocenters. The van der Waals surface area contributed by atoms with Crippen molar-refractivity contribution in [2.75, 3.05) is 6.54 Å². The van der Waals surface area contributed by atoms with Gasteiger partial charge in [-0.3, -0.25) is 0 Å². The molecule has 3 nitrogen and oxygen atoms in total. The van der Waals surface area contributed by atoms with Gasteiger partial charge in [0.25, 0.3) is 0 Å². The monoisotopic (exact) mass is 223 g/mol. The first-order chi connectivity index (χ1) is 5.93. The van der Waals surface area contributed by atoms with E-state index in [-0.39, 0.29) is 6.42 Å². The van der Waals surface area contributed by atoms with Crippen molar-refractivity contribution in [2.45, 2.75) is 25.3 Å². The number of nitrogens with zero attached hydrogens (tertiary/aromatic N) is 1. The summed E-state index contributed by atoms with van der Waals surface area (Å²) in [7, 11) is 0. The van der Waals surface area contributed by atoms with Crippen molar-refractivity contribution in [1.82, 2.24) is 4.90 Å². The first-order valence-electron chi connectivity index (χ1n) is 3.98. The molecule has 0 aromatic heterocycles. The number of rotatable bonds is 2. The van der Waals surface area contributed by atoms with Gasteiger partial charge in [-0.2, -0.15) is 0 Å². The maximum Gasteiger partial charge on any atom is 0.345 e. The lowest BCUT2D eigenvalue weighted by Crippen LogP contribution is -2.45. The van der Waals surface area contributed by atoms with Crippen LogP contribution in [-0.4, -0.2) is 27.5 Å². The van der Waals surface area contributed by atoms with Crippen LogP contribution in [0.1, 0.15) is 20.3 Å². The lowest BCUT2D eigenvalue weighted by atomic mass is 10.2. The van der Waals surface area contributed by atoms with Crippen LogP contribution in [0.3, 0.4) is 0 Å². The van der Waals surface area contributed by atoms with Crippen LogP contribution in [-0.2, 0) is 4.79 Å². The van der Waals surface area contributed by atoms with E-state index in [0.717, 1.165) is 5.70 Å². The number of hydrogen-bond donors (Lipinski definition) is 1. The van der Waals surface area contributed by atoms with E-state index in [1.54, 1.807) is 11.8 Å². The Morgan fingerprint density at radius 2 is 2.31 bits per heavy atom. The summed E-state index contributed by atoms with van der Waals surface area (Å²) in [5, 5.41) is 9.48. The van der Waals surface area contributed by atoms with Gasteiger partial charge in [0.15, 0.2) is 0 Å². The van der Waals surface area contributed by atoms with Gasteiger partial charge in [-0.05, 0) is 13.8 Å². The SMILES string of the molecule is CCN1C(C)=C(Cl)CC1(Cl)C(=O)O. The Morgan fingerprint density at radius 1 is 1.77 bits per heavy atom. The predicted molar refractivity (Wildman–Crippen MR) is 51.8 cm³/mol. The molecule has 0 saturated carbocycles. The summed E-state index contributed by atoms with van der Waals surface area (Å²) in [5.74, 6) is -1.05. The molecule has 0 radical (unpaired) electrons. The zero-order valence-corrected chi connectivity index (χ0v) is 8.98. The van der Waals surface area contributed by atoms with Gasteiger partial charge >= 0.3 is 5.97 Å². The molecule has 13 heavy (non-hydrogen) atoms. The van der Waals surface area contributed by atoms with Gasteiger partial charge in [-0.25, -0.2) is 4.79 Å². The van der Waals surface area contributed by atoms with E-state index in [1.807, 2.05) is 6.92 Å². The zero-order valence-electron chi connectivity index (χ0n) is 7.47. The summed E-state index contributed by atoms with van der Waals surface area (Å²) < 4.78 is 0. The van der Waals surface area contributed by atoms with Crippen molar-refractivity contribution in [1.29, 1.82) is 0 Å². The van der Waals surface area contributed by atoms with Crippen LogP contribution in [0.15, 0.2) is 10.7 Å². The summed E-state index contributed by atoms with van der Waals surface area (Å²) in [6, 6.07) is 0. The summed E-state index contributed by atoms with van der Waals surface area (Å²) in [6.45, 7) is 4.16. The Kier molecular flexibility index (Phi) is 2.78. The average Bonchev–Trinajstić information content (AvgIpc) is 2.25. The largest absolute Gasteiger partial charge is 0.479 e. The number of carbonyl (C=O) groups is 1. The van der Waals surface area contributed by atoms with Crippen LogP contribution < -0.4 is 0 Å². The van der Waals surface area contributed by atoms with E-state index in [4.69, 9.17) is 28.3 Å². The maximum atomic E-state index is 10.9. The van der Waals surface area contributed by atoms with E-state index in [2.05, 4.69) is 0 Å². The fraction of sp³-hybridized carbons (Fsp3) is 0.625. The molecule has 74 valence electrons. The summed E-state index contributed by atoms with van der Waals surface area (Å²) >= 11 is 11.8. The van der Waals surface area contributed by atoms with Crippen molar-refractivity contribution < 1.29 is 9.90 Å². The second-order valence-electron chi connectivity index (χ2n) is 2.98. The number of alkyl halides is 1. The Bertz CT molecular complexity index is 277. The van der Waals surface area contributed by atoms with Crippen molar-refractivity contribution in [2.24, 2.45) is 0 Å². The highest BCUT2D eigenvalue weighted by Crippen LogP contribution is 2.41. The van der Waals surface area contributed by atoms with Crippen LogP contribution in [0.2, 0.25) is 0 Å². The summed E-state index contributed by atoms with van der Waals surface area (Å²) in [5.41, 5.74) is 0.751. The predicted octanol–water partition coefficient (Wildman–Crippen LogP) is 2.20. The highest BCUT2D eigenvalue weighted by atomic mass is 35.5. The zero-order chi connectivity index (χ0) is 10.2. The summed E-state index contributed by atoms with van der Waals surface area (Å²) in [4.78, 5) is 11.1. The standard InChI is InChI=1S/C8H11Cl2NO2/c1-3-11-5(2)6(9)4-8(11,10)7(12)13/h3-4H2,1-2H3,(H,12,13). The van der Waals surface area contributed by atoms with Gasteiger partial charge in [-0.1, -0.05) is 23.2 Å². The molecule has 1 rings (SSSR count). The minimum Gasteiger partial charge on any atom is -0.479 e. The van der Waals surface area contributed by atoms with E-state index in [9.17, 15) is 4.79 Å². The lowest BCUT2D eigenvalue weighted by molar-refractivity contribution is -0.144. The summed E-state index contributed by atoms with van der Waals surface area (Å²) in [6.07, 6.45) is 0.172. The van der Waals surface area contributed by atoms with Crippen LogP contribution in [0.25, 0.3) is 0 Å². The smallest absolute Gasteiger partial charge is 0.345 e. The second-order valence-corrected chi connectivity index (χ2v) is 4.06. The first kappa shape index (κ1) is 10.7. The third-order valence-corrected chi connectivity index (χ3v) is 3.17. The molecule has 1 atom stereocenters. The molecule has 0 bridgehead atoms. The van der Waals surface area contributed by atoms with Gasteiger partial charge in [0, 0.05) is 23.7 Å². The maximum absolute atomic E-state index is 10.9. The molecule has 5 heteroatoms. The van der Waals surface area contributed by atoms with Gasteiger partial charge in [0.05, 0.1) is 0 Å². The molecule has 1 N–H and O–H groups in total. The third-order valence-electron chi connectivity index (χ3n) is 2.26. The molecule has 0 saturated heterocycles. The normalized spacial score (nSPS) is 28.5. The Morgan fingerprint density at radius 3 is 2.62 bits per heavy atom. The van der Waals surface area contributed by atoms with Crippen LogP contribution in [0.5, 0.6) is 0 Å². The molecule has 1 aliphatic rings. The van der Waals surface area contributed by atoms with E-state index >= 15 is 0 Å². The quantitative estimate of drug-likeness (QED) is 0.577. The minimum atomic E-state index is -1.38. The van der Waals surface area contributed by atoms with Crippen LogP contribution in [0, 0.1) is 0 Å². The molecule has 0 aromatic rings. The lowest BCUT2D eigenvalue weighted by Gasteiger charge is -2.31. The van der Waals surface area contributed by atoms with E-state index in [0.29, 0.717) is 11.6 Å². The van der Waals surface area contributed by atoms with E-state index in [1.165, 1.54) is 0 Å². The topological polar surface area (TPSA) is 40.5 Å². The van der Waals surface area contributed by atoms with Gasteiger partial charge in [0.1, 0.15) is 0 Å². The molecule has 0 amide bonds. The molecule has 1 heterocycles. The number of likely N-dealkylation sites (N-methyl/N-ethyl adjacent to an activating group) is 1. The van der Waals surface area contributed by atoms with Gasteiger partial charge < -0.3 is 10.0 Å². The Labute approximate surface area is 86.9 Å². The number of hydrogen-bond acceptors (Lipinski definition) is 2. The Balaban J connectivity index is 3.03. The highest BCUT2D eigenvalue weighted by molar-refractivity contribution is 6.37. The molecule has 0 aliphatic carbocycles. The van der Waals surface area contributed by atoms with Crippen LogP contribution in [0.4, 0.5) is 0 Å². The Hall–Kier alpha value is -0.410. The fourth-order valence-corrected chi connectivity index (χ4v) is 2.26.